The summed E-state index contributed by atoms with van der Waals surface area (Å²) in [5, 5.41) is 3.63. The highest BCUT2D eigenvalue weighted by atomic mass is 32.2. The Balaban J connectivity index is 1.59. The highest BCUT2D eigenvalue weighted by molar-refractivity contribution is 7.84. The van der Waals surface area contributed by atoms with E-state index in [1.807, 2.05) is 18.2 Å². The van der Waals surface area contributed by atoms with Gasteiger partial charge in [0.15, 0.2) is 0 Å². The van der Waals surface area contributed by atoms with Gasteiger partial charge in [-0.25, -0.2) is 0 Å². The van der Waals surface area contributed by atoms with Gasteiger partial charge < -0.3 is 10.1 Å². The van der Waals surface area contributed by atoms with E-state index >= 15 is 0 Å². The fourth-order valence-electron chi connectivity index (χ4n) is 3.25. The van der Waals surface area contributed by atoms with Crippen LogP contribution in [0, 0.1) is 5.92 Å². The van der Waals surface area contributed by atoms with E-state index in [0.29, 0.717) is 5.92 Å². The van der Waals surface area contributed by atoms with E-state index in [4.69, 9.17) is 4.74 Å². The first-order valence-electron chi connectivity index (χ1n) is 8.48. The second-order valence-electron chi connectivity index (χ2n) is 6.40. The van der Waals surface area contributed by atoms with Crippen molar-refractivity contribution in [2.75, 3.05) is 19.4 Å². The van der Waals surface area contributed by atoms with Crippen LogP contribution < -0.4 is 5.32 Å². The van der Waals surface area contributed by atoms with Crippen LogP contribution in [0.1, 0.15) is 36.6 Å². The van der Waals surface area contributed by atoms with Gasteiger partial charge in [-0.05, 0) is 36.6 Å². The van der Waals surface area contributed by atoms with E-state index in [2.05, 4.69) is 48.6 Å². The lowest BCUT2D eigenvalue weighted by Crippen LogP contribution is -2.27. The van der Waals surface area contributed by atoms with Gasteiger partial charge >= 0.3 is 0 Å². The molecule has 3 nitrogen and oxygen atoms in total. The maximum atomic E-state index is 11.5. The van der Waals surface area contributed by atoms with E-state index in [0.717, 1.165) is 24.5 Å². The van der Waals surface area contributed by atoms with Crippen molar-refractivity contribution in [1.29, 1.82) is 0 Å². The number of ether oxygens (including phenoxy) is 1. The average Bonchev–Trinajstić information content (AvgIpc) is 3.09. The number of hydrogen-bond donors (Lipinski definition) is 1. The molecule has 1 aliphatic rings. The van der Waals surface area contributed by atoms with Crippen LogP contribution in [0.15, 0.2) is 59.5 Å². The number of benzene rings is 2. The predicted octanol–water partition coefficient (Wildman–Crippen LogP) is 3.85. The molecule has 2 aromatic rings. The van der Waals surface area contributed by atoms with Gasteiger partial charge in [-0.2, -0.15) is 0 Å². The Labute approximate surface area is 146 Å². The molecule has 0 spiro atoms. The Kier molecular flexibility index (Phi) is 5.82. The monoisotopic (exact) mass is 343 g/mol. The SMILES string of the molecule is C[C@H](NC[C@@H]1CCO[C@H]1c1ccccc1)c1ccc([S@](C)=O)cc1. The standard InChI is InChI=1S/C20H25NO2S/c1-15(16-8-10-19(11-9-16)24(2)22)21-14-18-12-13-23-20(18)17-6-4-3-5-7-17/h3-11,15,18,20-21H,12-14H2,1-2H3/t15-,18-,20-,24-/m0/s1. The van der Waals surface area contributed by atoms with Crippen LogP contribution in [-0.4, -0.2) is 23.6 Å². The summed E-state index contributed by atoms with van der Waals surface area (Å²) in [6, 6.07) is 18.8. The highest BCUT2D eigenvalue weighted by Crippen LogP contribution is 2.34. The van der Waals surface area contributed by atoms with Crippen molar-refractivity contribution in [1.82, 2.24) is 5.32 Å². The van der Waals surface area contributed by atoms with Crippen LogP contribution in [0.3, 0.4) is 0 Å². The van der Waals surface area contributed by atoms with Gasteiger partial charge in [0.2, 0.25) is 0 Å². The molecular weight excluding hydrogens is 318 g/mol. The summed E-state index contributed by atoms with van der Waals surface area (Å²) in [5.74, 6) is 0.497. The van der Waals surface area contributed by atoms with Crippen molar-refractivity contribution >= 4 is 10.8 Å². The lowest BCUT2D eigenvalue weighted by Gasteiger charge is -2.22. The summed E-state index contributed by atoms with van der Waals surface area (Å²) in [4.78, 5) is 0.874. The molecule has 0 saturated carbocycles. The zero-order valence-electron chi connectivity index (χ0n) is 14.3. The molecule has 1 N–H and O–H groups in total. The first kappa shape index (κ1) is 17.3. The molecule has 1 saturated heterocycles. The van der Waals surface area contributed by atoms with Crippen molar-refractivity contribution in [2.24, 2.45) is 5.92 Å². The lowest BCUT2D eigenvalue weighted by atomic mass is 9.95. The lowest BCUT2D eigenvalue weighted by molar-refractivity contribution is 0.0899. The van der Waals surface area contributed by atoms with Crippen molar-refractivity contribution in [3.05, 3.63) is 65.7 Å². The van der Waals surface area contributed by atoms with Crippen molar-refractivity contribution < 1.29 is 8.95 Å². The topological polar surface area (TPSA) is 38.3 Å². The average molecular weight is 343 g/mol. The van der Waals surface area contributed by atoms with E-state index in [1.165, 1.54) is 11.1 Å². The molecule has 4 atom stereocenters. The van der Waals surface area contributed by atoms with Gasteiger partial charge in [0, 0.05) is 47.1 Å². The summed E-state index contributed by atoms with van der Waals surface area (Å²) < 4.78 is 17.4. The van der Waals surface area contributed by atoms with E-state index in [9.17, 15) is 4.21 Å². The smallest absolute Gasteiger partial charge is 0.0866 e. The maximum absolute atomic E-state index is 11.5. The molecular formula is C20H25NO2S. The normalized spacial score (nSPS) is 23.1. The first-order valence-corrected chi connectivity index (χ1v) is 10.0. The molecule has 0 unspecified atom stereocenters. The molecule has 4 heteroatoms. The van der Waals surface area contributed by atoms with Gasteiger partial charge in [-0.1, -0.05) is 42.5 Å². The fourth-order valence-corrected chi connectivity index (χ4v) is 3.77. The summed E-state index contributed by atoms with van der Waals surface area (Å²) in [6.07, 6.45) is 2.99. The van der Waals surface area contributed by atoms with Gasteiger partial charge in [0.05, 0.1) is 6.10 Å². The minimum atomic E-state index is -0.919. The van der Waals surface area contributed by atoms with Crippen molar-refractivity contribution in [3.8, 4) is 0 Å². The van der Waals surface area contributed by atoms with Gasteiger partial charge in [-0.15, -0.1) is 0 Å². The zero-order valence-corrected chi connectivity index (χ0v) is 15.1. The summed E-state index contributed by atoms with van der Waals surface area (Å²) in [7, 11) is -0.919. The van der Waals surface area contributed by atoms with E-state index in [-0.39, 0.29) is 12.1 Å². The number of nitrogens with one attached hydrogen (secondary N) is 1. The van der Waals surface area contributed by atoms with Crippen molar-refractivity contribution in [3.63, 3.8) is 0 Å². The number of hydrogen-bond acceptors (Lipinski definition) is 3. The van der Waals surface area contributed by atoms with E-state index < -0.39 is 10.8 Å². The number of rotatable bonds is 6. The molecule has 0 aliphatic carbocycles. The molecule has 0 bridgehead atoms. The third-order valence-corrected chi connectivity index (χ3v) is 5.68. The van der Waals surface area contributed by atoms with Crippen LogP contribution in [0.25, 0.3) is 0 Å². The second-order valence-corrected chi connectivity index (χ2v) is 7.78. The predicted molar refractivity (Wildman–Crippen MR) is 98.4 cm³/mol. The molecule has 1 heterocycles. The molecule has 24 heavy (non-hydrogen) atoms. The third kappa shape index (κ3) is 4.12. The molecule has 128 valence electrons. The van der Waals surface area contributed by atoms with Crippen LogP contribution in [0.2, 0.25) is 0 Å². The Morgan fingerprint density at radius 2 is 1.88 bits per heavy atom. The van der Waals surface area contributed by atoms with Gasteiger partial charge in [-0.3, -0.25) is 4.21 Å². The minimum absolute atomic E-state index is 0.191. The van der Waals surface area contributed by atoms with Crippen LogP contribution >= 0.6 is 0 Å². The molecule has 0 aromatic heterocycles. The van der Waals surface area contributed by atoms with Gasteiger partial charge in [0.1, 0.15) is 0 Å². The summed E-state index contributed by atoms with van der Waals surface area (Å²) >= 11 is 0. The first-order chi connectivity index (χ1) is 11.6. The molecule has 0 radical (unpaired) electrons. The summed E-state index contributed by atoms with van der Waals surface area (Å²) in [5.41, 5.74) is 2.49. The Morgan fingerprint density at radius 1 is 1.17 bits per heavy atom. The van der Waals surface area contributed by atoms with Crippen LogP contribution in [0.5, 0.6) is 0 Å². The molecule has 3 rings (SSSR count). The zero-order chi connectivity index (χ0) is 16.9. The molecule has 0 amide bonds. The summed E-state index contributed by atoms with van der Waals surface area (Å²) in [6.45, 7) is 3.94. The Bertz CT molecular complexity index is 672. The molecule has 2 aromatic carbocycles. The van der Waals surface area contributed by atoms with Gasteiger partial charge in [0.25, 0.3) is 0 Å². The molecule has 1 fully saturated rings. The molecule has 1 aliphatic heterocycles. The third-order valence-electron chi connectivity index (χ3n) is 4.74. The maximum Gasteiger partial charge on any atom is 0.0866 e. The van der Waals surface area contributed by atoms with Crippen LogP contribution in [-0.2, 0) is 15.5 Å². The fraction of sp³-hybridized carbons (Fsp3) is 0.400. The van der Waals surface area contributed by atoms with E-state index in [1.54, 1.807) is 6.26 Å². The van der Waals surface area contributed by atoms with Crippen LogP contribution in [0.4, 0.5) is 0 Å². The second kappa shape index (κ2) is 8.06. The quantitative estimate of drug-likeness (QED) is 0.866. The Hall–Kier alpha value is -1.49. The highest BCUT2D eigenvalue weighted by Gasteiger charge is 2.29. The Morgan fingerprint density at radius 3 is 2.54 bits per heavy atom. The van der Waals surface area contributed by atoms with Crippen molar-refractivity contribution in [2.45, 2.75) is 30.4 Å². The largest absolute Gasteiger partial charge is 0.373 e. The minimum Gasteiger partial charge on any atom is -0.373 e.